The first-order valence-electron chi connectivity index (χ1n) is 10.1. The number of alkyl carbamates (subject to hydrolysis) is 1. The van der Waals surface area contributed by atoms with Crippen LogP contribution in [0.4, 0.5) is 4.79 Å². The molecule has 2 atom stereocenters. The normalized spacial score (nSPS) is 14.2. The van der Waals surface area contributed by atoms with Crippen LogP contribution < -0.4 is 9.78 Å². The number of aliphatic carboxylic acids is 1. The SMILES string of the molecule is C[C@H]([Se]c1ccccc1)[C@@H](NC(=O)OCC1c2ccccc2-c2ccccc21)C(=O)O. The fourth-order valence-corrected chi connectivity index (χ4v) is 6.16. The molecule has 0 radical (unpaired) electrons. The van der Waals surface area contributed by atoms with Gasteiger partial charge >= 0.3 is 188 Å². The number of carboxylic acid groups (broad SMARTS) is 1. The average Bonchev–Trinajstić information content (AvgIpc) is 3.10. The van der Waals surface area contributed by atoms with Crippen molar-refractivity contribution in [3.63, 3.8) is 0 Å². The van der Waals surface area contributed by atoms with Crippen molar-refractivity contribution in [3.05, 3.63) is 90.0 Å². The van der Waals surface area contributed by atoms with Gasteiger partial charge in [-0.05, 0) is 0 Å². The van der Waals surface area contributed by atoms with Crippen LogP contribution in [0.25, 0.3) is 11.1 Å². The average molecular weight is 480 g/mol. The van der Waals surface area contributed by atoms with Crippen LogP contribution in [0.5, 0.6) is 0 Å². The number of benzene rings is 3. The van der Waals surface area contributed by atoms with Crippen molar-refractivity contribution >= 4 is 31.5 Å². The fourth-order valence-electron chi connectivity index (χ4n) is 3.93. The van der Waals surface area contributed by atoms with E-state index in [1.54, 1.807) is 0 Å². The summed E-state index contributed by atoms with van der Waals surface area (Å²) in [5, 5.41) is 12.2. The predicted octanol–water partition coefficient (Wildman–Crippen LogP) is 3.82. The van der Waals surface area contributed by atoms with Crippen molar-refractivity contribution < 1.29 is 19.4 Å². The molecule has 0 fully saturated rings. The minimum absolute atomic E-state index is 0.0626. The molecule has 4 rings (SSSR count). The summed E-state index contributed by atoms with van der Waals surface area (Å²) in [6.07, 6.45) is -0.704. The van der Waals surface area contributed by atoms with Gasteiger partial charge in [0.15, 0.2) is 0 Å². The first-order chi connectivity index (χ1) is 15.0. The van der Waals surface area contributed by atoms with E-state index < -0.39 is 18.1 Å². The molecule has 2 N–H and O–H groups in total. The Bertz CT molecular complexity index is 1040. The van der Waals surface area contributed by atoms with Gasteiger partial charge in [0.05, 0.1) is 0 Å². The molecule has 0 aliphatic heterocycles. The van der Waals surface area contributed by atoms with E-state index in [4.69, 9.17) is 4.74 Å². The third-order valence-corrected chi connectivity index (χ3v) is 7.91. The number of nitrogens with one attached hydrogen (secondary N) is 1. The number of ether oxygens (including phenoxy) is 1. The molecule has 31 heavy (non-hydrogen) atoms. The number of amides is 1. The second kappa shape index (κ2) is 9.38. The van der Waals surface area contributed by atoms with Gasteiger partial charge in [0.25, 0.3) is 0 Å². The van der Waals surface area contributed by atoms with Crippen LogP contribution in [-0.4, -0.2) is 44.8 Å². The standard InChI is InChI=1S/C25H23NO4Se/c1-16(31-17-9-3-2-4-10-17)23(24(27)28)26-25(29)30-15-22-20-13-7-5-11-18(20)19-12-6-8-14-21(19)22/h2-14,16,22-23H,15H2,1H3,(H,26,29)(H,27,28)/t16-,23+/m0/s1. The zero-order valence-electron chi connectivity index (χ0n) is 17.0. The Hall–Kier alpha value is -3.08. The molecule has 5 nitrogen and oxygen atoms in total. The van der Waals surface area contributed by atoms with Crippen LogP contribution in [0.3, 0.4) is 0 Å². The number of carbonyl (C=O) groups excluding carboxylic acids is 1. The van der Waals surface area contributed by atoms with E-state index in [0.29, 0.717) is 0 Å². The Labute approximate surface area is 187 Å². The molecule has 0 spiro atoms. The van der Waals surface area contributed by atoms with Crippen molar-refractivity contribution in [2.75, 3.05) is 6.61 Å². The zero-order chi connectivity index (χ0) is 21.8. The number of hydrogen-bond acceptors (Lipinski definition) is 3. The minimum atomic E-state index is -1.06. The molecule has 3 aromatic rings. The quantitative estimate of drug-likeness (QED) is 0.505. The van der Waals surface area contributed by atoms with E-state index in [1.807, 2.05) is 73.7 Å². The van der Waals surface area contributed by atoms with Crippen LogP contribution in [0.1, 0.15) is 24.0 Å². The molecule has 0 bridgehead atoms. The summed E-state index contributed by atoms with van der Waals surface area (Å²) in [6.45, 7) is 2.00. The van der Waals surface area contributed by atoms with Crippen LogP contribution in [0.2, 0.25) is 4.82 Å². The Morgan fingerprint density at radius 3 is 2.06 bits per heavy atom. The number of fused-ring (bicyclic) bond motifs is 3. The summed E-state index contributed by atoms with van der Waals surface area (Å²) < 4.78 is 6.60. The Morgan fingerprint density at radius 2 is 1.48 bits per heavy atom. The molecule has 0 saturated heterocycles. The van der Waals surface area contributed by atoms with Gasteiger partial charge in [0.1, 0.15) is 0 Å². The molecule has 0 aromatic heterocycles. The van der Waals surface area contributed by atoms with E-state index in [0.717, 1.165) is 26.7 Å². The summed E-state index contributed by atoms with van der Waals surface area (Å²) in [6, 6.07) is 24.9. The monoisotopic (exact) mass is 481 g/mol. The summed E-state index contributed by atoms with van der Waals surface area (Å²) in [7, 11) is 0. The molecule has 158 valence electrons. The van der Waals surface area contributed by atoms with Gasteiger partial charge in [-0.2, -0.15) is 0 Å². The van der Waals surface area contributed by atoms with Crippen LogP contribution in [-0.2, 0) is 9.53 Å². The third kappa shape index (κ3) is 4.66. The van der Waals surface area contributed by atoms with E-state index in [-0.39, 0.29) is 32.3 Å². The van der Waals surface area contributed by atoms with Crippen molar-refractivity contribution in [2.24, 2.45) is 0 Å². The first-order valence-corrected chi connectivity index (χ1v) is 11.9. The number of rotatable bonds is 7. The molecule has 1 aliphatic carbocycles. The van der Waals surface area contributed by atoms with E-state index in [1.165, 1.54) is 0 Å². The van der Waals surface area contributed by atoms with Gasteiger partial charge in [0.2, 0.25) is 0 Å². The van der Waals surface area contributed by atoms with Gasteiger partial charge in [-0.1, -0.05) is 0 Å². The van der Waals surface area contributed by atoms with E-state index >= 15 is 0 Å². The maximum absolute atomic E-state index is 12.5. The summed E-state index contributed by atoms with van der Waals surface area (Å²) >= 11 is -0.0963. The van der Waals surface area contributed by atoms with Crippen molar-refractivity contribution in [1.29, 1.82) is 0 Å². The first kappa shape index (κ1) is 21.2. The molecular weight excluding hydrogens is 457 g/mol. The second-order valence-electron chi connectivity index (χ2n) is 7.42. The molecule has 6 heteroatoms. The summed E-state index contributed by atoms with van der Waals surface area (Å²) in [4.78, 5) is 24.1. The van der Waals surface area contributed by atoms with Gasteiger partial charge < -0.3 is 0 Å². The number of hydrogen-bond donors (Lipinski definition) is 2. The predicted molar refractivity (Wildman–Crippen MR) is 121 cm³/mol. The van der Waals surface area contributed by atoms with Crippen LogP contribution in [0, 0.1) is 0 Å². The van der Waals surface area contributed by atoms with Gasteiger partial charge in [-0.25, -0.2) is 0 Å². The van der Waals surface area contributed by atoms with Gasteiger partial charge in [-0.3, -0.25) is 0 Å². The molecule has 3 aromatic carbocycles. The van der Waals surface area contributed by atoms with Gasteiger partial charge in [-0.15, -0.1) is 0 Å². The summed E-state index contributed by atoms with van der Waals surface area (Å²) in [5.74, 6) is -1.12. The molecule has 0 saturated carbocycles. The summed E-state index contributed by atoms with van der Waals surface area (Å²) in [5.41, 5.74) is 4.53. The zero-order valence-corrected chi connectivity index (χ0v) is 18.7. The molecule has 0 unspecified atom stereocenters. The molecule has 1 amide bonds. The van der Waals surface area contributed by atoms with Crippen LogP contribution in [0.15, 0.2) is 78.9 Å². The molecule has 0 heterocycles. The number of carbonyl (C=O) groups is 2. The maximum atomic E-state index is 12.5. The number of carboxylic acids is 1. The third-order valence-electron chi connectivity index (χ3n) is 5.42. The van der Waals surface area contributed by atoms with Crippen LogP contribution >= 0.6 is 0 Å². The Kier molecular flexibility index (Phi) is 6.40. The van der Waals surface area contributed by atoms with Crippen molar-refractivity contribution in [2.45, 2.75) is 23.7 Å². The van der Waals surface area contributed by atoms with Gasteiger partial charge in [0, 0.05) is 0 Å². The van der Waals surface area contributed by atoms with E-state index in [9.17, 15) is 14.7 Å². The van der Waals surface area contributed by atoms with E-state index in [2.05, 4.69) is 17.4 Å². The Morgan fingerprint density at radius 1 is 0.935 bits per heavy atom. The van der Waals surface area contributed by atoms with Crippen molar-refractivity contribution in [1.82, 2.24) is 5.32 Å². The molecular formula is C25H23NO4Se. The van der Waals surface area contributed by atoms with Crippen molar-refractivity contribution in [3.8, 4) is 11.1 Å². The Balaban J connectivity index is 1.42. The fraction of sp³-hybridized carbons (Fsp3) is 0.200. The topological polar surface area (TPSA) is 75.6 Å². The molecule has 1 aliphatic rings. The second-order valence-corrected chi connectivity index (χ2v) is 10.5.